The quantitative estimate of drug-likeness (QED) is 0.527. The van der Waals surface area contributed by atoms with Gasteiger partial charge in [-0.1, -0.05) is 13.3 Å². The van der Waals surface area contributed by atoms with E-state index in [1.807, 2.05) is 24.4 Å². The van der Waals surface area contributed by atoms with Gasteiger partial charge in [0, 0.05) is 30.7 Å². The lowest BCUT2D eigenvalue weighted by Gasteiger charge is -2.16. The molecule has 0 N–H and O–H groups in total. The second-order valence-electron chi connectivity index (χ2n) is 6.65. The minimum absolute atomic E-state index is 0.0242. The zero-order valence-corrected chi connectivity index (χ0v) is 17.3. The first-order chi connectivity index (χ1) is 14.1. The van der Waals surface area contributed by atoms with E-state index in [9.17, 15) is 4.79 Å². The van der Waals surface area contributed by atoms with Gasteiger partial charge in [-0.05, 0) is 41.6 Å². The number of methoxy groups -OCH3 is 3. The van der Waals surface area contributed by atoms with Crippen LogP contribution in [0.25, 0.3) is 28.0 Å². The van der Waals surface area contributed by atoms with Gasteiger partial charge in [-0.25, -0.2) is 0 Å². The van der Waals surface area contributed by atoms with Gasteiger partial charge in [0.15, 0.2) is 0 Å². The predicted octanol–water partition coefficient (Wildman–Crippen LogP) is 4.50. The predicted molar refractivity (Wildman–Crippen MR) is 115 cm³/mol. The summed E-state index contributed by atoms with van der Waals surface area (Å²) in [6, 6.07) is 5.76. The standard InChI is InChI=1S/C23H26N2O4/c1-5-6-10-25-15-20(17-7-9-24-14-19(17)23(25)26)16-12-21(28-3)18(8-11-27-2)22(13-16)29-4/h7-9,11-15H,5-6,10H2,1-4H3/b11-8+. The van der Waals surface area contributed by atoms with E-state index in [4.69, 9.17) is 14.2 Å². The molecule has 0 aliphatic carbocycles. The highest BCUT2D eigenvalue weighted by Crippen LogP contribution is 2.37. The van der Waals surface area contributed by atoms with E-state index in [2.05, 4.69) is 11.9 Å². The van der Waals surface area contributed by atoms with E-state index in [-0.39, 0.29) is 5.56 Å². The third-order valence-electron chi connectivity index (χ3n) is 4.87. The lowest BCUT2D eigenvalue weighted by molar-refractivity contribution is 0.340. The molecule has 0 unspecified atom stereocenters. The molecule has 0 atom stereocenters. The zero-order valence-electron chi connectivity index (χ0n) is 17.3. The normalized spacial score (nSPS) is 11.2. The second-order valence-corrected chi connectivity index (χ2v) is 6.65. The Morgan fingerprint density at radius 2 is 1.83 bits per heavy atom. The Labute approximate surface area is 170 Å². The molecule has 152 valence electrons. The van der Waals surface area contributed by atoms with E-state index in [0.717, 1.165) is 34.9 Å². The van der Waals surface area contributed by atoms with Crippen LogP contribution < -0.4 is 15.0 Å². The lowest BCUT2D eigenvalue weighted by atomic mass is 9.99. The van der Waals surface area contributed by atoms with Crippen LogP contribution in [0, 0.1) is 0 Å². The highest BCUT2D eigenvalue weighted by Gasteiger charge is 2.16. The highest BCUT2D eigenvalue weighted by atomic mass is 16.5. The second kappa shape index (κ2) is 9.28. The summed E-state index contributed by atoms with van der Waals surface area (Å²) in [5, 5.41) is 1.45. The highest BCUT2D eigenvalue weighted by molar-refractivity contribution is 5.96. The van der Waals surface area contributed by atoms with Crippen molar-refractivity contribution >= 4 is 16.8 Å². The Hall–Kier alpha value is -3.28. The average molecular weight is 394 g/mol. The third kappa shape index (κ3) is 4.11. The maximum Gasteiger partial charge on any atom is 0.260 e. The molecule has 6 nitrogen and oxygen atoms in total. The largest absolute Gasteiger partial charge is 0.504 e. The van der Waals surface area contributed by atoms with Crippen molar-refractivity contribution in [3.63, 3.8) is 0 Å². The first kappa shape index (κ1) is 20.5. The van der Waals surface area contributed by atoms with Gasteiger partial charge in [0.05, 0.1) is 38.5 Å². The Kier molecular flexibility index (Phi) is 6.54. The molecule has 0 fully saturated rings. The van der Waals surface area contributed by atoms with Crippen molar-refractivity contribution in [1.29, 1.82) is 0 Å². The van der Waals surface area contributed by atoms with E-state index >= 15 is 0 Å². The molecule has 0 aliphatic heterocycles. The minimum atomic E-state index is -0.0242. The lowest BCUT2D eigenvalue weighted by Crippen LogP contribution is -2.20. The third-order valence-corrected chi connectivity index (χ3v) is 4.87. The molecule has 2 heterocycles. The van der Waals surface area contributed by atoms with Gasteiger partial charge in [-0.3, -0.25) is 9.78 Å². The van der Waals surface area contributed by atoms with E-state index in [1.54, 1.807) is 50.6 Å². The van der Waals surface area contributed by atoms with Crippen molar-refractivity contribution in [1.82, 2.24) is 9.55 Å². The van der Waals surface area contributed by atoms with Crippen molar-refractivity contribution in [2.75, 3.05) is 21.3 Å². The van der Waals surface area contributed by atoms with Crippen molar-refractivity contribution in [3.05, 3.63) is 59.0 Å². The van der Waals surface area contributed by atoms with Gasteiger partial charge in [0.25, 0.3) is 5.56 Å². The van der Waals surface area contributed by atoms with Gasteiger partial charge in [0.2, 0.25) is 0 Å². The van der Waals surface area contributed by atoms with Crippen LogP contribution in [-0.4, -0.2) is 30.9 Å². The van der Waals surface area contributed by atoms with Crippen molar-refractivity contribution in [3.8, 4) is 22.6 Å². The smallest absolute Gasteiger partial charge is 0.260 e. The van der Waals surface area contributed by atoms with Gasteiger partial charge in [0.1, 0.15) is 11.5 Å². The summed E-state index contributed by atoms with van der Waals surface area (Å²) < 4.78 is 18.0. The molecule has 0 aliphatic rings. The summed E-state index contributed by atoms with van der Waals surface area (Å²) >= 11 is 0. The molecule has 3 rings (SSSR count). The van der Waals surface area contributed by atoms with E-state index in [0.29, 0.717) is 23.4 Å². The molecule has 0 amide bonds. The number of benzene rings is 1. The molecule has 0 spiro atoms. The summed E-state index contributed by atoms with van der Waals surface area (Å²) in [6.07, 6.45) is 10.6. The number of ether oxygens (including phenoxy) is 3. The summed E-state index contributed by atoms with van der Waals surface area (Å²) in [6.45, 7) is 2.77. The average Bonchev–Trinajstić information content (AvgIpc) is 2.76. The van der Waals surface area contributed by atoms with Crippen molar-refractivity contribution in [2.45, 2.75) is 26.3 Å². The fourth-order valence-electron chi connectivity index (χ4n) is 3.36. The Balaban J connectivity index is 2.28. The minimum Gasteiger partial charge on any atom is -0.504 e. The number of aryl methyl sites for hydroxylation is 1. The molecular formula is C23H26N2O4. The van der Waals surface area contributed by atoms with Crippen LogP contribution in [0.4, 0.5) is 0 Å². The van der Waals surface area contributed by atoms with Crippen LogP contribution in [0.15, 0.2) is 47.8 Å². The molecule has 3 aromatic rings. The fraction of sp³-hybridized carbons (Fsp3) is 0.304. The van der Waals surface area contributed by atoms with E-state index < -0.39 is 0 Å². The molecule has 0 radical (unpaired) electrons. The fourth-order valence-corrected chi connectivity index (χ4v) is 3.36. The number of nitrogens with zero attached hydrogens (tertiary/aromatic N) is 2. The summed E-state index contributed by atoms with van der Waals surface area (Å²) in [5.41, 5.74) is 2.58. The number of hydrogen-bond donors (Lipinski definition) is 0. The van der Waals surface area contributed by atoms with Gasteiger partial charge < -0.3 is 18.8 Å². The van der Waals surface area contributed by atoms with Gasteiger partial charge in [-0.2, -0.15) is 0 Å². The van der Waals surface area contributed by atoms with Gasteiger partial charge >= 0.3 is 0 Å². The topological polar surface area (TPSA) is 62.6 Å². The first-order valence-corrected chi connectivity index (χ1v) is 9.57. The van der Waals surface area contributed by atoms with Crippen LogP contribution >= 0.6 is 0 Å². The van der Waals surface area contributed by atoms with Crippen molar-refractivity contribution < 1.29 is 14.2 Å². The number of rotatable bonds is 8. The Bertz CT molecular complexity index is 1060. The number of aromatic nitrogens is 2. The number of hydrogen-bond acceptors (Lipinski definition) is 5. The maximum absolute atomic E-state index is 12.9. The van der Waals surface area contributed by atoms with Crippen LogP contribution in [0.3, 0.4) is 0 Å². The van der Waals surface area contributed by atoms with E-state index in [1.165, 1.54) is 0 Å². The summed E-state index contributed by atoms with van der Waals surface area (Å²) in [7, 11) is 4.82. The molecule has 0 bridgehead atoms. The number of unbranched alkanes of at least 4 members (excludes halogenated alkanes) is 1. The van der Waals surface area contributed by atoms with Crippen molar-refractivity contribution in [2.24, 2.45) is 0 Å². The number of fused-ring (bicyclic) bond motifs is 1. The number of pyridine rings is 2. The van der Waals surface area contributed by atoms with Crippen LogP contribution in [-0.2, 0) is 11.3 Å². The molecule has 2 aromatic heterocycles. The molecule has 0 saturated carbocycles. The molecular weight excluding hydrogens is 368 g/mol. The van der Waals surface area contributed by atoms with Crippen LogP contribution in [0.1, 0.15) is 25.3 Å². The first-order valence-electron chi connectivity index (χ1n) is 9.57. The molecule has 29 heavy (non-hydrogen) atoms. The molecule has 0 saturated heterocycles. The maximum atomic E-state index is 12.9. The summed E-state index contributed by atoms with van der Waals surface area (Å²) in [4.78, 5) is 17.0. The van der Waals surface area contributed by atoms with Crippen LogP contribution in [0.5, 0.6) is 11.5 Å². The monoisotopic (exact) mass is 394 g/mol. The summed E-state index contributed by atoms with van der Waals surface area (Å²) in [5.74, 6) is 1.31. The SMILES string of the molecule is CCCCn1cc(-c2cc(OC)c(/C=C/OC)c(OC)c2)c2ccncc2c1=O. The molecule has 1 aromatic carbocycles. The Morgan fingerprint density at radius 1 is 1.10 bits per heavy atom. The van der Waals surface area contributed by atoms with Crippen LogP contribution in [0.2, 0.25) is 0 Å². The Morgan fingerprint density at radius 3 is 2.45 bits per heavy atom. The zero-order chi connectivity index (χ0) is 20.8. The molecule has 6 heteroatoms. The van der Waals surface area contributed by atoms with Gasteiger partial charge in [-0.15, -0.1) is 0 Å².